The van der Waals surface area contributed by atoms with E-state index in [0.717, 1.165) is 4.68 Å². The first-order valence-electron chi connectivity index (χ1n) is 6.17. The molecule has 0 saturated carbocycles. The molecule has 21 heavy (non-hydrogen) atoms. The van der Waals surface area contributed by atoms with Crippen molar-refractivity contribution in [3.05, 3.63) is 53.6 Å². The predicted octanol–water partition coefficient (Wildman–Crippen LogP) is 2.50. The van der Waals surface area contributed by atoms with Crippen molar-refractivity contribution in [1.82, 2.24) is 20.2 Å². The summed E-state index contributed by atoms with van der Waals surface area (Å²) in [6.07, 6.45) is 0. The van der Waals surface area contributed by atoms with Crippen LogP contribution >= 0.6 is 0 Å². The number of aryl methyl sites for hydroxylation is 1. The minimum absolute atomic E-state index is 0.235. The quantitative estimate of drug-likeness (QED) is 0.735. The summed E-state index contributed by atoms with van der Waals surface area (Å²) < 4.78 is 29.2. The van der Waals surface area contributed by atoms with Crippen molar-refractivity contribution in [2.75, 3.05) is 5.73 Å². The largest absolute Gasteiger partial charge is 0.399 e. The molecule has 2 aromatic carbocycles. The molecule has 0 unspecified atom stereocenters. The lowest BCUT2D eigenvalue weighted by Gasteiger charge is -2.09. The van der Waals surface area contributed by atoms with Gasteiger partial charge in [-0.15, -0.1) is 5.10 Å². The predicted molar refractivity (Wildman–Crippen MR) is 73.7 cm³/mol. The summed E-state index contributed by atoms with van der Waals surface area (Å²) in [4.78, 5) is 0. The zero-order valence-electron chi connectivity index (χ0n) is 11.1. The maximum atomic E-state index is 14.2. The minimum Gasteiger partial charge on any atom is -0.399 e. The van der Waals surface area contributed by atoms with E-state index in [4.69, 9.17) is 5.73 Å². The lowest BCUT2D eigenvalue weighted by molar-refractivity contribution is 0.552. The van der Waals surface area contributed by atoms with Gasteiger partial charge in [0, 0.05) is 11.3 Å². The molecule has 0 aliphatic rings. The van der Waals surface area contributed by atoms with Crippen molar-refractivity contribution in [3.63, 3.8) is 0 Å². The molecule has 0 atom stereocenters. The molecular weight excluding hydrogens is 276 g/mol. The summed E-state index contributed by atoms with van der Waals surface area (Å²) in [5.74, 6) is -1.19. The SMILES string of the molecule is Cc1ccc(F)c(-n2nnnc2-c2ccc(N)cc2)c1F. The van der Waals surface area contributed by atoms with E-state index in [0.29, 0.717) is 16.8 Å². The van der Waals surface area contributed by atoms with Crippen molar-refractivity contribution in [2.45, 2.75) is 6.92 Å². The first-order valence-corrected chi connectivity index (χ1v) is 6.17. The normalized spacial score (nSPS) is 10.8. The minimum atomic E-state index is -0.734. The molecule has 0 fully saturated rings. The molecule has 0 aliphatic heterocycles. The second-order valence-electron chi connectivity index (χ2n) is 4.56. The zero-order chi connectivity index (χ0) is 15.0. The van der Waals surface area contributed by atoms with E-state index >= 15 is 0 Å². The van der Waals surface area contributed by atoms with Crippen LogP contribution in [-0.4, -0.2) is 20.2 Å². The van der Waals surface area contributed by atoms with Crippen LogP contribution in [0.15, 0.2) is 36.4 Å². The monoisotopic (exact) mass is 287 g/mol. The summed E-state index contributed by atoms with van der Waals surface area (Å²) >= 11 is 0. The molecule has 0 radical (unpaired) electrons. The van der Waals surface area contributed by atoms with E-state index in [1.165, 1.54) is 12.1 Å². The maximum absolute atomic E-state index is 14.2. The molecule has 5 nitrogen and oxygen atoms in total. The van der Waals surface area contributed by atoms with Gasteiger partial charge >= 0.3 is 0 Å². The van der Waals surface area contributed by atoms with Crippen molar-refractivity contribution in [1.29, 1.82) is 0 Å². The Bertz CT molecular complexity index is 796. The van der Waals surface area contributed by atoms with E-state index in [-0.39, 0.29) is 11.5 Å². The van der Waals surface area contributed by atoms with Crippen LogP contribution in [-0.2, 0) is 0 Å². The van der Waals surface area contributed by atoms with Gasteiger partial charge in [0.15, 0.2) is 17.5 Å². The fourth-order valence-electron chi connectivity index (χ4n) is 1.99. The zero-order valence-corrected chi connectivity index (χ0v) is 11.1. The highest BCUT2D eigenvalue weighted by atomic mass is 19.1. The molecule has 0 saturated heterocycles. The van der Waals surface area contributed by atoms with Gasteiger partial charge in [-0.3, -0.25) is 0 Å². The number of halogens is 2. The van der Waals surface area contributed by atoms with Crippen LogP contribution < -0.4 is 5.73 Å². The highest BCUT2D eigenvalue weighted by Gasteiger charge is 2.19. The number of nitrogen functional groups attached to an aromatic ring is 1. The highest BCUT2D eigenvalue weighted by molar-refractivity contribution is 5.60. The fraction of sp³-hybridized carbons (Fsp3) is 0.0714. The number of hydrogen-bond acceptors (Lipinski definition) is 4. The first kappa shape index (κ1) is 13.2. The van der Waals surface area contributed by atoms with Gasteiger partial charge in [-0.25, -0.2) is 8.78 Å². The molecular formula is C14H11F2N5. The lowest BCUT2D eigenvalue weighted by atomic mass is 10.1. The van der Waals surface area contributed by atoms with Crippen molar-refractivity contribution in [2.24, 2.45) is 0 Å². The Kier molecular flexibility index (Phi) is 3.09. The van der Waals surface area contributed by atoms with Crippen molar-refractivity contribution >= 4 is 5.69 Å². The van der Waals surface area contributed by atoms with Crippen LogP contribution in [0.25, 0.3) is 17.1 Å². The van der Waals surface area contributed by atoms with Gasteiger partial charge in [0.2, 0.25) is 0 Å². The summed E-state index contributed by atoms with van der Waals surface area (Å²) in [7, 11) is 0. The number of nitrogens with zero attached hydrogens (tertiary/aromatic N) is 4. The molecule has 0 bridgehead atoms. The standard InChI is InChI=1S/C14H11F2N5/c1-8-2-7-11(15)13(12(8)16)21-14(18-19-20-21)9-3-5-10(17)6-4-9/h2-7H,17H2,1H3. The molecule has 1 heterocycles. The number of aromatic nitrogens is 4. The van der Waals surface area contributed by atoms with Crippen LogP contribution in [0.3, 0.4) is 0 Å². The second kappa shape index (κ2) is 4.93. The lowest BCUT2D eigenvalue weighted by Crippen LogP contribution is -2.07. The third-order valence-corrected chi connectivity index (χ3v) is 3.11. The molecule has 3 aromatic rings. The number of tetrazole rings is 1. The average Bonchev–Trinajstić information content (AvgIpc) is 2.93. The summed E-state index contributed by atoms with van der Waals surface area (Å²) in [6, 6.07) is 9.24. The van der Waals surface area contributed by atoms with Gasteiger partial charge in [-0.2, -0.15) is 4.68 Å². The second-order valence-corrected chi connectivity index (χ2v) is 4.56. The molecule has 1 aromatic heterocycles. The Labute approximate surface area is 119 Å². The fourth-order valence-corrected chi connectivity index (χ4v) is 1.99. The number of anilines is 1. The third kappa shape index (κ3) is 2.22. The van der Waals surface area contributed by atoms with Gasteiger partial charge in [-0.1, -0.05) is 6.07 Å². The Balaban J connectivity index is 2.20. The van der Waals surface area contributed by atoms with Crippen LogP contribution in [0.1, 0.15) is 5.56 Å². The molecule has 0 amide bonds. The van der Waals surface area contributed by atoms with Crippen molar-refractivity contribution in [3.8, 4) is 17.1 Å². The maximum Gasteiger partial charge on any atom is 0.187 e. The van der Waals surface area contributed by atoms with E-state index in [9.17, 15) is 8.78 Å². The van der Waals surface area contributed by atoms with E-state index < -0.39 is 11.6 Å². The van der Waals surface area contributed by atoms with Crippen LogP contribution in [0.2, 0.25) is 0 Å². The topological polar surface area (TPSA) is 69.6 Å². The molecule has 0 aliphatic carbocycles. The molecule has 7 heteroatoms. The Morgan fingerprint density at radius 1 is 1.05 bits per heavy atom. The van der Waals surface area contributed by atoms with Gasteiger partial charge in [0.25, 0.3) is 0 Å². The number of nitrogens with two attached hydrogens (primary N) is 1. The Morgan fingerprint density at radius 2 is 1.76 bits per heavy atom. The molecule has 2 N–H and O–H groups in total. The van der Waals surface area contributed by atoms with Gasteiger partial charge in [-0.05, 0) is 53.2 Å². The Morgan fingerprint density at radius 3 is 2.48 bits per heavy atom. The highest BCUT2D eigenvalue weighted by Crippen LogP contribution is 2.25. The number of benzene rings is 2. The smallest absolute Gasteiger partial charge is 0.187 e. The van der Waals surface area contributed by atoms with E-state index in [1.807, 2.05) is 0 Å². The summed E-state index contributed by atoms with van der Waals surface area (Å²) in [5, 5.41) is 11.0. The van der Waals surface area contributed by atoms with Gasteiger partial charge in [0.1, 0.15) is 5.69 Å². The van der Waals surface area contributed by atoms with Gasteiger partial charge < -0.3 is 5.73 Å². The number of hydrogen-bond donors (Lipinski definition) is 1. The van der Waals surface area contributed by atoms with Crippen molar-refractivity contribution < 1.29 is 8.78 Å². The van der Waals surface area contributed by atoms with Gasteiger partial charge in [0.05, 0.1) is 0 Å². The van der Waals surface area contributed by atoms with E-state index in [2.05, 4.69) is 15.5 Å². The third-order valence-electron chi connectivity index (χ3n) is 3.11. The first-order chi connectivity index (χ1) is 10.1. The Hall–Kier alpha value is -2.83. The van der Waals surface area contributed by atoms with Crippen LogP contribution in [0, 0.1) is 18.6 Å². The molecule has 0 spiro atoms. The molecule has 106 valence electrons. The number of rotatable bonds is 2. The van der Waals surface area contributed by atoms with Crippen LogP contribution in [0.4, 0.5) is 14.5 Å². The summed E-state index contributed by atoms with van der Waals surface area (Å²) in [6.45, 7) is 1.55. The average molecular weight is 287 g/mol. The van der Waals surface area contributed by atoms with E-state index in [1.54, 1.807) is 31.2 Å². The summed E-state index contributed by atoms with van der Waals surface area (Å²) in [5.41, 5.74) is 6.81. The van der Waals surface area contributed by atoms with Crippen LogP contribution in [0.5, 0.6) is 0 Å². The molecule has 3 rings (SSSR count).